The van der Waals surface area contributed by atoms with E-state index in [1.807, 2.05) is 60.0 Å². The first-order valence-electron chi connectivity index (χ1n) is 8.91. The Hall–Kier alpha value is -2.63. The fraction of sp³-hybridized carbons (Fsp3) is 0.182. The smallest absolute Gasteiger partial charge is 0.262 e. The van der Waals surface area contributed by atoms with Crippen LogP contribution in [0.15, 0.2) is 72.1 Å². The van der Waals surface area contributed by atoms with Crippen LogP contribution in [0.5, 0.6) is 0 Å². The summed E-state index contributed by atoms with van der Waals surface area (Å²) in [6, 6.07) is 20.0. The Balaban J connectivity index is 1.77. The molecule has 3 rings (SSSR count). The second-order valence-electron chi connectivity index (χ2n) is 6.48. The first kappa shape index (κ1) is 20.1. The van der Waals surface area contributed by atoms with Crippen molar-refractivity contribution in [1.82, 2.24) is 10.2 Å². The first-order valence-corrected chi connectivity index (χ1v) is 10.2. The lowest BCUT2D eigenvalue weighted by atomic mass is 10.0. The number of benzene rings is 2. The molecule has 1 atom stereocenters. The molecule has 0 radical (unpaired) electrons. The number of carbonyl (C=O) groups excluding carboxylic acids is 2. The van der Waals surface area contributed by atoms with Crippen molar-refractivity contribution in [3.8, 4) is 0 Å². The molecule has 0 aliphatic carbocycles. The number of rotatable bonds is 7. The van der Waals surface area contributed by atoms with Crippen molar-refractivity contribution in [3.63, 3.8) is 0 Å². The van der Waals surface area contributed by atoms with E-state index in [-0.39, 0.29) is 11.8 Å². The summed E-state index contributed by atoms with van der Waals surface area (Å²) in [5, 5.41) is 5.35. The summed E-state index contributed by atoms with van der Waals surface area (Å²) in [5.74, 6) is -0.399. The summed E-state index contributed by atoms with van der Waals surface area (Å²) in [7, 11) is 1.72. The highest BCUT2D eigenvalue weighted by Gasteiger charge is 2.25. The van der Waals surface area contributed by atoms with E-state index in [9.17, 15) is 9.59 Å². The third kappa shape index (κ3) is 5.21. The van der Waals surface area contributed by atoms with E-state index in [0.29, 0.717) is 22.9 Å². The summed E-state index contributed by atoms with van der Waals surface area (Å²) in [5.41, 5.74) is 1.85. The zero-order valence-electron chi connectivity index (χ0n) is 15.5. The normalized spacial score (nSPS) is 11.6. The number of thiophene rings is 1. The Bertz CT molecular complexity index is 929. The lowest BCUT2D eigenvalue weighted by molar-refractivity contribution is -0.132. The summed E-state index contributed by atoms with van der Waals surface area (Å²) in [4.78, 5) is 27.9. The van der Waals surface area contributed by atoms with Gasteiger partial charge in [0, 0.05) is 25.0 Å². The van der Waals surface area contributed by atoms with Crippen LogP contribution in [-0.4, -0.2) is 29.8 Å². The minimum atomic E-state index is -0.663. The van der Waals surface area contributed by atoms with Crippen LogP contribution in [0.25, 0.3) is 0 Å². The number of carbonyl (C=O) groups is 2. The number of halogens is 1. The van der Waals surface area contributed by atoms with Gasteiger partial charge in [0.2, 0.25) is 5.91 Å². The number of likely N-dealkylation sites (N-methyl/N-ethyl adjacent to an activating group) is 1. The van der Waals surface area contributed by atoms with Crippen LogP contribution < -0.4 is 5.32 Å². The maximum Gasteiger partial charge on any atom is 0.262 e. The Kier molecular flexibility index (Phi) is 6.85. The van der Waals surface area contributed by atoms with Gasteiger partial charge in [0.05, 0.1) is 4.88 Å². The highest BCUT2D eigenvalue weighted by Crippen LogP contribution is 2.17. The molecule has 6 heteroatoms. The number of hydrogen-bond donors (Lipinski definition) is 1. The highest BCUT2D eigenvalue weighted by molar-refractivity contribution is 7.12. The van der Waals surface area contributed by atoms with Crippen molar-refractivity contribution in [2.75, 3.05) is 7.05 Å². The van der Waals surface area contributed by atoms with E-state index in [2.05, 4.69) is 5.32 Å². The van der Waals surface area contributed by atoms with Gasteiger partial charge in [-0.15, -0.1) is 11.3 Å². The average molecular weight is 413 g/mol. The van der Waals surface area contributed by atoms with Crippen LogP contribution in [0, 0.1) is 0 Å². The molecule has 0 aliphatic heterocycles. The van der Waals surface area contributed by atoms with Crippen LogP contribution in [0.2, 0.25) is 5.02 Å². The SMILES string of the molecule is CN(Cc1ccccc1Cl)C(=O)[C@H](Cc1ccccc1)NC(=O)c1cccs1. The molecule has 0 spiro atoms. The largest absolute Gasteiger partial charge is 0.340 e. The molecule has 0 unspecified atom stereocenters. The van der Waals surface area contributed by atoms with Crippen molar-refractivity contribution < 1.29 is 9.59 Å². The van der Waals surface area contributed by atoms with Gasteiger partial charge in [0.25, 0.3) is 5.91 Å². The fourth-order valence-electron chi connectivity index (χ4n) is 2.91. The van der Waals surface area contributed by atoms with Gasteiger partial charge in [-0.05, 0) is 28.6 Å². The lowest BCUT2D eigenvalue weighted by Gasteiger charge is -2.25. The third-order valence-corrected chi connectivity index (χ3v) is 5.61. The van der Waals surface area contributed by atoms with Crippen molar-refractivity contribution in [2.45, 2.75) is 19.0 Å². The van der Waals surface area contributed by atoms with Crippen LogP contribution in [0.4, 0.5) is 0 Å². The maximum atomic E-state index is 13.1. The Morgan fingerprint density at radius 3 is 2.43 bits per heavy atom. The van der Waals surface area contributed by atoms with Crippen LogP contribution in [-0.2, 0) is 17.8 Å². The third-order valence-electron chi connectivity index (χ3n) is 4.37. The van der Waals surface area contributed by atoms with E-state index in [0.717, 1.165) is 11.1 Å². The molecule has 3 aromatic rings. The zero-order valence-corrected chi connectivity index (χ0v) is 17.0. The first-order chi connectivity index (χ1) is 13.5. The van der Waals surface area contributed by atoms with Gasteiger partial charge in [0.1, 0.15) is 6.04 Å². The van der Waals surface area contributed by atoms with E-state index in [4.69, 9.17) is 11.6 Å². The number of nitrogens with one attached hydrogen (secondary N) is 1. The molecule has 0 bridgehead atoms. The molecule has 0 aliphatic rings. The number of amides is 2. The second-order valence-corrected chi connectivity index (χ2v) is 7.83. The zero-order chi connectivity index (χ0) is 19.9. The molecule has 28 heavy (non-hydrogen) atoms. The summed E-state index contributed by atoms with van der Waals surface area (Å²) >= 11 is 7.58. The van der Waals surface area contributed by atoms with Gasteiger partial charge in [-0.2, -0.15) is 0 Å². The van der Waals surface area contributed by atoms with Crippen LogP contribution in [0.3, 0.4) is 0 Å². The van der Waals surface area contributed by atoms with E-state index < -0.39 is 6.04 Å². The summed E-state index contributed by atoms with van der Waals surface area (Å²) in [6.07, 6.45) is 0.420. The Morgan fingerprint density at radius 2 is 1.75 bits per heavy atom. The van der Waals surface area contributed by atoms with E-state index >= 15 is 0 Å². The van der Waals surface area contributed by atoms with Crippen LogP contribution in [0.1, 0.15) is 20.8 Å². The molecule has 2 aromatic carbocycles. The van der Waals surface area contributed by atoms with Gasteiger partial charge in [-0.25, -0.2) is 0 Å². The van der Waals surface area contributed by atoms with E-state index in [1.165, 1.54) is 11.3 Å². The Morgan fingerprint density at radius 1 is 1.04 bits per heavy atom. The van der Waals surface area contributed by atoms with Crippen molar-refractivity contribution in [2.24, 2.45) is 0 Å². The van der Waals surface area contributed by atoms with E-state index in [1.54, 1.807) is 24.1 Å². The van der Waals surface area contributed by atoms with Gasteiger partial charge in [-0.1, -0.05) is 66.2 Å². The maximum absolute atomic E-state index is 13.1. The average Bonchev–Trinajstić information content (AvgIpc) is 3.24. The van der Waals surface area contributed by atoms with Gasteiger partial charge in [-0.3, -0.25) is 9.59 Å². The van der Waals surface area contributed by atoms with Gasteiger partial charge in [0.15, 0.2) is 0 Å². The fourth-order valence-corrected chi connectivity index (χ4v) is 3.74. The summed E-state index contributed by atoms with van der Waals surface area (Å²) < 4.78 is 0. The van der Waals surface area contributed by atoms with Crippen molar-refractivity contribution in [3.05, 3.63) is 93.1 Å². The topological polar surface area (TPSA) is 49.4 Å². The standard InChI is InChI=1S/C22H21ClN2O2S/c1-25(15-17-10-5-6-11-18(17)23)22(27)19(14-16-8-3-2-4-9-16)24-21(26)20-12-7-13-28-20/h2-13,19H,14-15H2,1H3,(H,24,26)/t19-/m0/s1. The van der Waals surface area contributed by atoms with Crippen molar-refractivity contribution >= 4 is 34.8 Å². The molecule has 1 heterocycles. The van der Waals surface area contributed by atoms with Gasteiger partial charge < -0.3 is 10.2 Å². The predicted molar refractivity (Wildman–Crippen MR) is 114 cm³/mol. The molecule has 144 valence electrons. The Labute approximate surface area is 173 Å². The second kappa shape index (κ2) is 9.53. The minimum Gasteiger partial charge on any atom is -0.340 e. The van der Waals surface area contributed by atoms with Gasteiger partial charge >= 0.3 is 0 Å². The summed E-state index contributed by atoms with van der Waals surface area (Å²) in [6.45, 7) is 0.374. The molecule has 2 amide bonds. The predicted octanol–water partition coefficient (Wildman–Crippen LogP) is 4.40. The number of nitrogens with zero attached hydrogens (tertiary/aromatic N) is 1. The molecule has 0 saturated carbocycles. The lowest BCUT2D eigenvalue weighted by Crippen LogP contribution is -2.48. The monoisotopic (exact) mass is 412 g/mol. The minimum absolute atomic E-state index is 0.159. The highest BCUT2D eigenvalue weighted by atomic mass is 35.5. The molecular formula is C22H21ClN2O2S. The molecule has 1 N–H and O–H groups in total. The molecular weight excluding hydrogens is 392 g/mol. The quantitative estimate of drug-likeness (QED) is 0.625. The van der Waals surface area contributed by atoms with Crippen LogP contribution >= 0.6 is 22.9 Å². The number of hydrogen-bond acceptors (Lipinski definition) is 3. The molecule has 4 nitrogen and oxygen atoms in total. The molecule has 0 fully saturated rings. The van der Waals surface area contributed by atoms with Crippen molar-refractivity contribution in [1.29, 1.82) is 0 Å². The molecule has 1 aromatic heterocycles. The molecule has 0 saturated heterocycles.